The SMILES string of the molecule is CC(=O)c1cc(Cl)cc(NC2CCS(=O)(=O)C2)c1. The van der Waals surface area contributed by atoms with Crippen LogP contribution < -0.4 is 5.32 Å². The number of nitrogens with one attached hydrogen (secondary N) is 1. The fraction of sp³-hybridized carbons (Fsp3) is 0.417. The summed E-state index contributed by atoms with van der Waals surface area (Å²) < 4.78 is 22.7. The number of rotatable bonds is 3. The van der Waals surface area contributed by atoms with Crippen molar-refractivity contribution in [2.45, 2.75) is 19.4 Å². The maximum Gasteiger partial charge on any atom is 0.159 e. The topological polar surface area (TPSA) is 63.2 Å². The molecule has 0 aromatic heterocycles. The Morgan fingerprint density at radius 1 is 1.39 bits per heavy atom. The fourth-order valence-corrected chi connectivity index (χ4v) is 3.93. The van der Waals surface area contributed by atoms with Crippen molar-refractivity contribution in [2.75, 3.05) is 16.8 Å². The van der Waals surface area contributed by atoms with Crippen LogP contribution in [0.5, 0.6) is 0 Å². The van der Waals surface area contributed by atoms with E-state index in [9.17, 15) is 13.2 Å². The lowest BCUT2D eigenvalue weighted by Gasteiger charge is -2.13. The summed E-state index contributed by atoms with van der Waals surface area (Å²) in [5, 5.41) is 3.58. The van der Waals surface area contributed by atoms with E-state index in [2.05, 4.69) is 5.32 Å². The highest BCUT2D eigenvalue weighted by Gasteiger charge is 2.27. The monoisotopic (exact) mass is 287 g/mol. The summed E-state index contributed by atoms with van der Waals surface area (Å²) >= 11 is 5.93. The van der Waals surface area contributed by atoms with Crippen LogP contribution in [0.25, 0.3) is 0 Å². The fourth-order valence-electron chi connectivity index (χ4n) is 2.02. The number of carbonyl (C=O) groups excluding carboxylic acids is 1. The predicted octanol–water partition coefficient (Wildman–Crippen LogP) is 2.14. The lowest BCUT2D eigenvalue weighted by Crippen LogP contribution is -2.20. The van der Waals surface area contributed by atoms with Crippen LogP contribution in [0.15, 0.2) is 18.2 Å². The van der Waals surface area contributed by atoms with Gasteiger partial charge in [0.15, 0.2) is 15.6 Å². The first-order valence-corrected chi connectivity index (χ1v) is 7.84. The van der Waals surface area contributed by atoms with Crippen molar-refractivity contribution < 1.29 is 13.2 Å². The number of carbonyl (C=O) groups is 1. The maximum absolute atomic E-state index is 11.4. The Labute approximate surface area is 111 Å². The molecule has 0 spiro atoms. The minimum Gasteiger partial charge on any atom is -0.381 e. The van der Waals surface area contributed by atoms with Crippen LogP contribution in [0.4, 0.5) is 5.69 Å². The molecular formula is C12H14ClNO3S. The molecule has 0 saturated carbocycles. The van der Waals surface area contributed by atoms with Crippen LogP contribution >= 0.6 is 11.6 Å². The van der Waals surface area contributed by atoms with Crippen molar-refractivity contribution in [1.82, 2.24) is 0 Å². The lowest BCUT2D eigenvalue weighted by atomic mass is 10.1. The van der Waals surface area contributed by atoms with Crippen LogP contribution in [0.3, 0.4) is 0 Å². The van der Waals surface area contributed by atoms with E-state index >= 15 is 0 Å². The van der Waals surface area contributed by atoms with Crippen LogP contribution in [0.2, 0.25) is 5.02 Å². The largest absolute Gasteiger partial charge is 0.381 e. The van der Waals surface area contributed by atoms with Crippen molar-refractivity contribution in [2.24, 2.45) is 0 Å². The van der Waals surface area contributed by atoms with Gasteiger partial charge in [-0.1, -0.05) is 11.6 Å². The molecular weight excluding hydrogens is 274 g/mol. The third-order valence-corrected chi connectivity index (χ3v) is 4.89. The van der Waals surface area contributed by atoms with E-state index in [1.165, 1.54) is 6.92 Å². The molecule has 0 amide bonds. The van der Waals surface area contributed by atoms with Gasteiger partial charge in [-0.3, -0.25) is 4.79 Å². The van der Waals surface area contributed by atoms with Crippen LogP contribution in [0.1, 0.15) is 23.7 Å². The van der Waals surface area contributed by atoms with E-state index < -0.39 is 9.84 Å². The summed E-state index contributed by atoms with van der Waals surface area (Å²) in [6.07, 6.45) is 0.588. The molecule has 18 heavy (non-hydrogen) atoms. The Balaban J connectivity index is 2.17. The number of halogens is 1. The molecule has 1 saturated heterocycles. The van der Waals surface area contributed by atoms with Gasteiger partial charge >= 0.3 is 0 Å². The molecule has 0 radical (unpaired) electrons. The van der Waals surface area contributed by atoms with E-state index in [0.717, 1.165) is 0 Å². The van der Waals surface area contributed by atoms with E-state index in [1.807, 2.05) is 0 Å². The minimum absolute atomic E-state index is 0.0698. The molecule has 1 N–H and O–H groups in total. The van der Waals surface area contributed by atoms with E-state index in [1.54, 1.807) is 18.2 Å². The zero-order valence-corrected chi connectivity index (χ0v) is 11.5. The molecule has 4 nitrogen and oxygen atoms in total. The summed E-state index contributed by atoms with van der Waals surface area (Å²) in [6.45, 7) is 1.47. The first-order chi connectivity index (χ1) is 8.35. The number of ketones is 1. The second-order valence-corrected chi connectivity index (χ2v) is 7.19. The Kier molecular flexibility index (Phi) is 3.64. The van der Waals surface area contributed by atoms with Crippen molar-refractivity contribution in [1.29, 1.82) is 0 Å². The number of hydrogen-bond donors (Lipinski definition) is 1. The first kappa shape index (κ1) is 13.4. The molecule has 0 bridgehead atoms. The normalized spacial score (nSPS) is 21.8. The van der Waals surface area contributed by atoms with Gasteiger partial charge in [0.1, 0.15) is 0 Å². The molecule has 2 rings (SSSR count). The number of anilines is 1. The quantitative estimate of drug-likeness (QED) is 0.865. The number of benzene rings is 1. The molecule has 1 heterocycles. The molecule has 1 atom stereocenters. The average Bonchev–Trinajstić information content (AvgIpc) is 2.57. The summed E-state index contributed by atoms with van der Waals surface area (Å²) in [6, 6.07) is 4.88. The molecule has 1 aliphatic rings. The third-order valence-electron chi connectivity index (χ3n) is 2.91. The average molecular weight is 288 g/mol. The van der Waals surface area contributed by atoms with E-state index in [0.29, 0.717) is 22.7 Å². The Hall–Kier alpha value is -1.07. The number of hydrogen-bond acceptors (Lipinski definition) is 4. The standard InChI is InChI=1S/C12H14ClNO3S/c1-8(15)9-4-10(13)6-12(5-9)14-11-2-3-18(16,17)7-11/h4-6,11,14H,2-3,7H2,1H3. The smallest absolute Gasteiger partial charge is 0.159 e. The van der Waals surface area contributed by atoms with Crippen molar-refractivity contribution >= 4 is 32.9 Å². The highest BCUT2D eigenvalue weighted by Crippen LogP contribution is 2.22. The molecule has 1 aromatic rings. The molecule has 98 valence electrons. The zero-order chi connectivity index (χ0) is 13.3. The minimum atomic E-state index is -2.91. The van der Waals surface area contributed by atoms with E-state index in [4.69, 9.17) is 11.6 Å². The molecule has 1 unspecified atom stereocenters. The number of Topliss-reactive ketones (excluding diaryl/α,β-unsaturated/α-hetero) is 1. The van der Waals surface area contributed by atoms with Crippen LogP contribution in [-0.4, -0.2) is 31.7 Å². The summed E-state index contributed by atoms with van der Waals surface area (Å²) in [5.74, 6) is 0.277. The molecule has 0 aliphatic carbocycles. The predicted molar refractivity (Wildman–Crippen MR) is 72.1 cm³/mol. The van der Waals surface area contributed by atoms with Gasteiger partial charge in [-0.2, -0.15) is 0 Å². The van der Waals surface area contributed by atoms with Crippen LogP contribution in [-0.2, 0) is 9.84 Å². The summed E-state index contributed by atoms with van der Waals surface area (Å²) in [5.41, 5.74) is 1.21. The van der Waals surface area contributed by atoms with Gasteiger partial charge in [-0.25, -0.2) is 8.42 Å². The third kappa shape index (κ3) is 3.23. The zero-order valence-electron chi connectivity index (χ0n) is 9.94. The van der Waals surface area contributed by atoms with Gasteiger partial charge in [0.2, 0.25) is 0 Å². The first-order valence-electron chi connectivity index (χ1n) is 5.64. The highest BCUT2D eigenvalue weighted by molar-refractivity contribution is 7.91. The van der Waals surface area contributed by atoms with Gasteiger partial charge in [0.25, 0.3) is 0 Å². The maximum atomic E-state index is 11.4. The molecule has 1 aliphatic heterocycles. The number of sulfone groups is 1. The molecule has 1 aromatic carbocycles. The molecule has 6 heteroatoms. The Morgan fingerprint density at radius 2 is 2.11 bits per heavy atom. The highest BCUT2D eigenvalue weighted by atomic mass is 35.5. The van der Waals surface area contributed by atoms with Crippen molar-refractivity contribution in [3.05, 3.63) is 28.8 Å². The van der Waals surface area contributed by atoms with Gasteiger partial charge in [0, 0.05) is 22.3 Å². The van der Waals surface area contributed by atoms with Crippen LogP contribution in [0, 0.1) is 0 Å². The van der Waals surface area contributed by atoms with Gasteiger partial charge in [-0.15, -0.1) is 0 Å². The van der Waals surface area contributed by atoms with Crippen molar-refractivity contribution in [3.63, 3.8) is 0 Å². The Morgan fingerprint density at radius 3 is 2.67 bits per heavy atom. The van der Waals surface area contributed by atoms with Crippen molar-refractivity contribution in [3.8, 4) is 0 Å². The Bertz CT molecular complexity index is 583. The summed E-state index contributed by atoms with van der Waals surface area (Å²) in [4.78, 5) is 11.3. The lowest BCUT2D eigenvalue weighted by molar-refractivity contribution is 0.101. The second-order valence-electron chi connectivity index (χ2n) is 4.53. The molecule has 1 fully saturated rings. The van der Waals surface area contributed by atoms with E-state index in [-0.39, 0.29) is 23.3 Å². The van der Waals surface area contributed by atoms with Gasteiger partial charge in [0.05, 0.1) is 11.5 Å². The summed E-state index contributed by atoms with van der Waals surface area (Å²) in [7, 11) is -2.91. The van der Waals surface area contributed by atoms with Gasteiger partial charge < -0.3 is 5.32 Å². The second kappa shape index (κ2) is 4.90. The van der Waals surface area contributed by atoms with Gasteiger partial charge in [-0.05, 0) is 31.5 Å².